The lowest BCUT2D eigenvalue weighted by Gasteiger charge is -2.07. The summed E-state index contributed by atoms with van der Waals surface area (Å²) >= 11 is 1.84. The molecule has 0 spiro atoms. The van der Waals surface area contributed by atoms with E-state index in [0.29, 0.717) is 11.8 Å². The van der Waals surface area contributed by atoms with E-state index in [1.165, 1.54) is 49.2 Å². The summed E-state index contributed by atoms with van der Waals surface area (Å²) in [7, 11) is 0. The van der Waals surface area contributed by atoms with Gasteiger partial charge in [-0.05, 0) is 63.1 Å². The van der Waals surface area contributed by atoms with Crippen molar-refractivity contribution in [1.29, 1.82) is 0 Å². The first-order chi connectivity index (χ1) is 13.8. The predicted octanol–water partition coefficient (Wildman–Crippen LogP) is 5.77. The maximum atomic E-state index is 5.43. The molecule has 0 bridgehead atoms. The summed E-state index contributed by atoms with van der Waals surface area (Å²) in [5, 5.41) is 11.2. The zero-order valence-corrected chi connectivity index (χ0v) is 16.9. The molecule has 146 valence electrons. The maximum absolute atomic E-state index is 5.43. The van der Waals surface area contributed by atoms with Crippen LogP contribution >= 0.6 is 11.3 Å². The van der Waals surface area contributed by atoms with Gasteiger partial charge in [-0.3, -0.25) is 0 Å². The van der Waals surface area contributed by atoms with Crippen molar-refractivity contribution >= 4 is 17.0 Å². The molecule has 6 heteroatoms. The van der Waals surface area contributed by atoms with Crippen LogP contribution in [0.5, 0.6) is 0 Å². The number of anilines is 1. The van der Waals surface area contributed by atoms with Crippen LogP contribution < -0.4 is 5.32 Å². The van der Waals surface area contributed by atoms with E-state index in [1.807, 2.05) is 23.5 Å². The van der Waals surface area contributed by atoms with E-state index in [9.17, 15) is 0 Å². The van der Waals surface area contributed by atoms with Crippen molar-refractivity contribution in [2.45, 2.75) is 63.2 Å². The molecular weight excluding hydrogens is 368 g/mol. The lowest BCUT2D eigenvalue weighted by atomic mass is 10.1. The number of nitrogens with zero attached hydrogens (tertiary/aromatic N) is 3. The van der Waals surface area contributed by atoms with Crippen molar-refractivity contribution in [3.05, 3.63) is 46.2 Å². The first-order valence-corrected chi connectivity index (χ1v) is 11.4. The summed E-state index contributed by atoms with van der Waals surface area (Å²) in [6, 6.07) is 8.26. The molecule has 2 aromatic heterocycles. The first kappa shape index (κ1) is 17.9. The van der Waals surface area contributed by atoms with Gasteiger partial charge in [0.15, 0.2) is 5.82 Å². The zero-order chi connectivity index (χ0) is 18.8. The highest BCUT2D eigenvalue weighted by atomic mass is 32.1. The minimum atomic E-state index is 0.517. The standard InChI is InChI=1S/C22H26N4OS/c1(2-7-20-24-19(14-28-20)15-8-9-15)3-12-23-18-6-4-5-17(13-18)22-25-21(26-27-22)16-10-11-16/h4-6,13-16,23H,1-3,7-12H2. The number of benzene rings is 1. The third-order valence-electron chi connectivity index (χ3n) is 5.46. The minimum absolute atomic E-state index is 0.517. The number of hydrogen-bond acceptors (Lipinski definition) is 6. The summed E-state index contributed by atoms with van der Waals surface area (Å²) in [6.07, 6.45) is 9.76. The Kier molecular flexibility index (Phi) is 5.12. The fourth-order valence-electron chi connectivity index (χ4n) is 3.44. The topological polar surface area (TPSA) is 63.8 Å². The van der Waals surface area contributed by atoms with Crippen molar-refractivity contribution in [3.63, 3.8) is 0 Å². The molecule has 2 saturated carbocycles. The largest absolute Gasteiger partial charge is 0.385 e. The van der Waals surface area contributed by atoms with Crippen LogP contribution in [0.1, 0.15) is 73.3 Å². The van der Waals surface area contributed by atoms with E-state index < -0.39 is 0 Å². The fourth-order valence-corrected chi connectivity index (χ4v) is 4.36. The molecule has 5 rings (SSSR count). The Morgan fingerprint density at radius 3 is 2.79 bits per heavy atom. The summed E-state index contributed by atoms with van der Waals surface area (Å²) < 4.78 is 5.43. The van der Waals surface area contributed by atoms with Gasteiger partial charge in [0, 0.05) is 35.0 Å². The van der Waals surface area contributed by atoms with Crippen LogP contribution in [0.3, 0.4) is 0 Å². The van der Waals surface area contributed by atoms with Crippen LogP contribution in [0.25, 0.3) is 11.5 Å². The molecule has 0 unspecified atom stereocenters. The van der Waals surface area contributed by atoms with Gasteiger partial charge < -0.3 is 9.84 Å². The van der Waals surface area contributed by atoms with Crippen LogP contribution in [-0.4, -0.2) is 21.7 Å². The molecule has 5 nitrogen and oxygen atoms in total. The number of rotatable bonds is 10. The molecule has 28 heavy (non-hydrogen) atoms. The van der Waals surface area contributed by atoms with Gasteiger partial charge in [-0.1, -0.05) is 17.6 Å². The number of aromatic nitrogens is 3. The van der Waals surface area contributed by atoms with Crippen LogP contribution in [-0.2, 0) is 6.42 Å². The minimum Gasteiger partial charge on any atom is -0.385 e. The number of nitrogens with one attached hydrogen (secondary N) is 1. The van der Waals surface area contributed by atoms with Gasteiger partial charge in [0.2, 0.25) is 0 Å². The highest BCUT2D eigenvalue weighted by Gasteiger charge is 2.29. The van der Waals surface area contributed by atoms with Gasteiger partial charge >= 0.3 is 0 Å². The monoisotopic (exact) mass is 394 g/mol. The predicted molar refractivity (Wildman–Crippen MR) is 112 cm³/mol. The van der Waals surface area contributed by atoms with Crippen molar-refractivity contribution in [1.82, 2.24) is 15.1 Å². The number of thiazole rings is 1. The molecule has 1 N–H and O–H groups in total. The van der Waals surface area contributed by atoms with Crippen molar-refractivity contribution in [2.24, 2.45) is 0 Å². The van der Waals surface area contributed by atoms with Crippen LogP contribution in [0.15, 0.2) is 34.2 Å². The van der Waals surface area contributed by atoms with Gasteiger partial charge in [0.1, 0.15) is 0 Å². The smallest absolute Gasteiger partial charge is 0.258 e. The van der Waals surface area contributed by atoms with Crippen molar-refractivity contribution in [2.75, 3.05) is 11.9 Å². The molecule has 2 aliphatic rings. The summed E-state index contributed by atoms with van der Waals surface area (Å²) in [6.45, 7) is 0.978. The third kappa shape index (κ3) is 4.43. The number of unbranched alkanes of at least 4 members (excludes halogenated alkanes) is 2. The number of aryl methyl sites for hydroxylation is 1. The summed E-state index contributed by atoms with van der Waals surface area (Å²) in [5.41, 5.74) is 3.43. The molecule has 0 aliphatic heterocycles. The van der Waals surface area contributed by atoms with Crippen LogP contribution in [0, 0.1) is 0 Å². The van der Waals surface area contributed by atoms with E-state index >= 15 is 0 Å². The molecule has 0 saturated heterocycles. The fraction of sp³-hybridized carbons (Fsp3) is 0.500. The number of hydrogen-bond donors (Lipinski definition) is 1. The van der Waals surface area contributed by atoms with Gasteiger partial charge in [-0.15, -0.1) is 11.3 Å². The van der Waals surface area contributed by atoms with E-state index in [-0.39, 0.29) is 0 Å². The molecule has 3 aromatic rings. The Morgan fingerprint density at radius 1 is 1.04 bits per heavy atom. The average Bonchev–Trinajstić information content (AvgIpc) is 3.66. The third-order valence-corrected chi connectivity index (χ3v) is 6.38. The van der Waals surface area contributed by atoms with E-state index in [0.717, 1.165) is 42.4 Å². The highest BCUT2D eigenvalue weighted by molar-refractivity contribution is 7.09. The van der Waals surface area contributed by atoms with Gasteiger partial charge in [-0.25, -0.2) is 4.98 Å². The zero-order valence-electron chi connectivity index (χ0n) is 16.1. The normalized spacial score (nSPS) is 16.4. The van der Waals surface area contributed by atoms with E-state index in [2.05, 4.69) is 33.0 Å². The second kappa shape index (κ2) is 8.03. The quantitative estimate of drug-likeness (QED) is 0.442. The van der Waals surface area contributed by atoms with Gasteiger partial charge in [0.25, 0.3) is 5.89 Å². The lowest BCUT2D eigenvalue weighted by Crippen LogP contribution is -2.01. The highest BCUT2D eigenvalue weighted by Crippen LogP contribution is 2.40. The van der Waals surface area contributed by atoms with Crippen molar-refractivity contribution in [3.8, 4) is 11.5 Å². The van der Waals surface area contributed by atoms with Crippen molar-refractivity contribution < 1.29 is 4.52 Å². The SMILES string of the molecule is c1cc(NCCCCCc2nc(C3CC3)cs2)cc(-c2nc(C3CC3)no2)c1. The molecule has 0 atom stereocenters. The van der Waals surface area contributed by atoms with E-state index in [4.69, 9.17) is 9.51 Å². The van der Waals surface area contributed by atoms with Crippen LogP contribution in [0.4, 0.5) is 5.69 Å². The van der Waals surface area contributed by atoms with E-state index in [1.54, 1.807) is 0 Å². The molecule has 2 aliphatic carbocycles. The second-order valence-corrected chi connectivity index (χ2v) is 8.93. The molecule has 0 amide bonds. The Bertz CT molecular complexity index is 926. The first-order valence-electron chi connectivity index (χ1n) is 10.5. The Morgan fingerprint density at radius 2 is 1.93 bits per heavy atom. The van der Waals surface area contributed by atoms with Gasteiger partial charge in [0.05, 0.1) is 10.7 Å². The summed E-state index contributed by atoms with van der Waals surface area (Å²) in [4.78, 5) is 9.31. The molecule has 0 radical (unpaired) electrons. The lowest BCUT2D eigenvalue weighted by molar-refractivity contribution is 0.422. The second-order valence-electron chi connectivity index (χ2n) is 7.99. The Balaban J connectivity index is 1.05. The molecular formula is C22H26N4OS. The maximum Gasteiger partial charge on any atom is 0.258 e. The molecule has 2 fully saturated rings. The Labute approximate surface area is 169 Å². The Hall–Kier alpha value is -2.21. The van der Waals surface area contributed by atoms with Gasteiger partial charge in [-0.2, -0.15) is 4.98 Å². The molecule has 1 aromatic carbocycles. The average molecular weight is 395 g/mol. The summed E-state index contributed by atoms with van der Waals surface area (Å²) in [5.74, 6) is 2.78. The molecule has 2 heterocycles. The van der Waals surface area contributed by atoms with Crippen LogP contribution in [0.2, 0.25) is 0 Å².